The number of thiocarbonyl (C=S) groups is 1. The maximum absolute atomic E-state index is 10.8. The zero-order chi connectivity index (χ0) is 14.9. The first-order valence-electron chi connectivity index (χ1n) is 8.70. The summed E-state index contributed by atoms with van der Waals surface area (Å²) in [5.41, 5.74) is 0. The van der Waals surface area contributed by atoms with E-state index in [0.29, 0.717) is 5.78 Å². The highest BCUT2D eigenvalue weighted by Crippen LogP contribution is 2.13. The third kappa shape index (κ3) is 17.8. The predicted molar refractivity (Wildman–Crippen MR) is 93.6 cm³/mol. The smallest absolute Gasteiger partial charge is 0.129 e. The lowest BCUT2D eigenvalue weighted by molar-refractivity contribution is -0.117. The molecule has 0 saturated carbocycles. The third-order valence-corrected chi connectivity index (χ3v) is 4.09. The summed E-state index contributed by atoms with van der Waals surface area (Å²) in [4.78, 5) is 10.8. The molecule has 0 bridgehead atoms. The molecule has 0 fully saturated rings. The van der Waals surface area contributed by atoms with E-state index in [2.05, 4.69) is 0 Å². The van der Waals surface area contributed by atoms with Crippen LogP contribution in [0.3, 0.4) is 0 Å². The summed E-state index contributed by atoms with van der Waals surface area (Å²) in [5.74, 6) is 0.340. The minimum absolute atomic E-state index is 0.340. The second-order valence-corrected chi connectivity index (χ2v) is 6.34. The summed E-state index contributed by atoms with van der Waals surface area (Å²) in [6, 6.07) is 0. The predicted octanol–water partition coefficient (Wildman–Crippen LogP) is 6.43. The van der Waals surface area contributed by atoms with Crippen LogP contribution in [-0.2, 0) is 4.79 Å². The Kier molecular flexibility index (Phi) is 16.6. The number of carbonyl (C=O) groups is 1. The van der Waals surface area contributed by atoms with Crippen LogP contribution in [0.4, 0.5) is 0 Å². The Bertz CT molecular complexity index is 225. The summed E-state index contributed by atoms with van der Waals surface area (Å²) in [5, 5.41) is 1.86. The van der Waals surface area contributed by atoms with Gasteiger partial charge in [0.25, 0.3) is 0 Å². The average molecular weight is 299 g/mol. The third-order valence-electron chi connectivity index (χ3n) is 3.85. The first kappa shape index (κ1) is 19.8. The molecule has 0 aromatic heterocycles. The molecule has 2 heteroatoms. The van der Waals surface area contributed by atoms with Gasteiger partial charge in [0, 0.05) is 6.42 Å². The number of hydrogen-bond donors (Lipinski definition) is 0. The van der Waals surface area contributed by atoms with E-state index in [1.165, 1.54) is 77.0 Å². The van der Waals surface area contributed by atoms with E-state index in [0.717, 1.165) is 19.3 Å². The molecule has 0 saturated heterocycles. The van der Waals surface area contributed by atoms with Crippen LogP contribution in [-0.4, -0.2) is 11.2 Å². The molecule has 0 aromatic carbocycles. The molecule has 0 aliphatic carbocycles. The molecule has 1 nitrogen and oxygen atoms in total. The summed E-state index contributed by atoms with van der Waals surface area (Å²) >= 11 is 4.82. The molecule has 118 valence electrons. The Balaban J connectivity index is 2.95. The first-order chi connectivity index (χ1) is 9.77. The molecular formula is C18H34OS. The fourth-order valence-corrected chi connectivity index (χ4v) is 2.71. The van der Waals surface area contributed by atoms with E-state index in [-0.39, 0.29) is 0 Å². The van der Waals surface area contributed by atoms with Gasteiger partial charge in [-0.05, 0) is 31.6 Å². The lowest BCUT2D eigenvalue weighted by Gasteiger charge is -2.02. The van der Waals surface area contributed by atoms with E-state index in [4.69, 9.17) is 12.2 Å². The van der Waals surface area contributed by atoms with Crippen molar-refractivity contribution in [3.05, 3.63) is 0 Å². The largest absolute Gasteiger partial charge is 0.300 e. The van der Waals surface area contributed by atoms with Crippen LogP contribution in [0.25, 0.3) is 0 Å². The van der Waals surface area contributed by atoms with Gasteiger partial charge in [-0.2, -0.15) is 0 Å². The van der Waals surface area contributed by atoms with Crippen molar-refractivity contribution in [2.75, 3.05) is 0 Å². The van der Waals surface area contributed by atoms with Gasteiger partial charge in [0.1, 0.15) is 5.78 Å². The van der Waals surface area contributed by atoms with Crippen LogP contribution < -0.4 is 0 Å². The zero-order valence-corrected chi connectivity index (χ0v) is 14.3. The van der Waals surface area contributed by atoms with Crippen LogP contribution in [0.5, 0.6) is 0 Å². The maximum Gasteiger partial charge on any atom is 0.129 e. The van der Waals surface area contributed by atoms with Crippen molar-refractivity contribution in [2.24, 2.45) is 0 Å². The van der Waals surface area contributed by atoms with Crippen molar-refractivity contribution in [1.29, 1.82) is 0 Å². The lowest BCUT2D eigenvalue weighted by Crippen LogP contribution is -1.89. The average Bonchev–Trinajstić information content (AvgIpc) is 2.43. The number of unbranched alkanes of at least 4 members (excludes halogenated alkanes) is 13. The maximum atomic E-state index is 10.8. The molecule has 0 aliphatic rings. The summed E-state index contributed by atoms with van der Waals surface area (Å²) in [6.07, 6.45) is 19.4. The molecule has 0 spiro atoms. The molecule has 0 rings (SSSR count). The minimum atomic E-state index is 0.340. The van der Waals surface area contributed by atoms with Crippen LogP contribution in [0.1, 0.15) is 103 Å². The Labute approximate surface area is 131 Å². The standard InChI is InChI=1S/C18H34OS/c1-18(19)16-14-12-10-8-6-4-2-3-5-7-9-11-13-15-17-20/h17H,2-16H2,1H3. The lowest BCUT2D eigenvalue weighted by atomic mass is 10.0. The van der Waals surface area contributed by atoms with Crippen LogP contribution in [0.2, 0.25) is 0 Å². The van der Waals surface area contributed by atoms with Crippen LogP contribution >= 0.6 is 12.2 Å². The quantitative estimate of drug-likeness (QED) is 0.241. The van der Waals surface area contributed by atoms with Crippen molar-refractivity contribution < 1.29 is 4.79 Å². The molecule has 0 aromatic rings. The molecule has 0 aliphatic heterocycles. The molecule has 0 heterocycles. The normalized spacial score (nSPS) is 10.7. The Morgan fingerprint density at radius 1 is 0.700 bits per heavy atom. The minimum Gasteiger partial charge on any atom is -0.300 e. The summed E-state index contributed by atoms with van der Waals surface area (Å²) in [7, 11) is 0. The highest BCUT2D eigenvalue weighted by atomic mass is 32.1. The molecule has 0 unspecified atom stereocenters. The number of rotatable bonds is 16. The van der Waals surface area contributed by atoms with Crippen molar-refractivity contribution >= 4 is 23.4 Å². The monoisotopic (exact) mass is 298 g/mol. The van der Waals surface area contributed by atoms with Gasteiger partial charge in [0.15, 0.2) is 0 Å². The van der Waals surface area contributed by atoms with Gasteiger partial charge < -0.3 is 4.79 Å². The van der Waals surface area contributed by atoms with E-state index in [9.17, 15) is 4.79 Å². The van der Waals surface area contributed by atoms with Crippen molar-refractivity contribution in [3.63, 3.8) is 0 Å². The fraction of sp³-hybridized carbons (Fsp3) is 0.889. The second kappa shape index (κ2) is 16.8. The van der Waals surface area contributed by atoms with Crippen LogP contribution in [0, 0.1) is 0 Å². The second-order valence-electron chi connectivity index (χ2n) is 6.00. The van der Waals surface area contributed by atoms with Crippen molar-refractivity contribution in [2.45, 2.75) is 103 Å². The number of ketones is 1. The van der Waals surface area contributed by atoms with Crippen molar-refractivity contribution in [1.82, 2.24) is 0 Å². The van der Waals surface area contributed by atoms with Gasteiger partial charge in [0.2, 0.25) is 0 Å². The highest BCUT2D eigenvalue weighted by molar-refractivity contribution is 7.78. The zero-order valence-electron chi connectivity index (χ0n) is 13.5. The SMILES string of the molecule is CC(=O)CCCCCCCCCCCCCCCC=S. The van der Waals surface area contributed by atoms with Gasteiger partial charge in [-0.25, -0.2) is 0 Å². The van der Waals surface area contributed by atoms with Gasteiger partial charge in [-0.15, -0.1) is 0 Å². The molecular weight excluding hydrogens is 264 g/mol. The number of carbonyl (C=O) groups excluding carboxylic acids is 1. The first-order valence-corrected chi connectivity index (χ1v) is 9.17. The fourth-order valence-electron chi connectivity index (χ4n) is 2.55. The Hall–Kier alpha value is -0.240. The molecule has 0 N–H and O–H groups in total. The summed E-state index contributed by atoms with van der Waals surface area (Å²) in [6.45, 7) is 1.69. The molecule has 0 radical (unpaired) electrons. The highest BCUT2D eigenvalue weighted by Gasteiger charge is 1.95. The molecule has 0 atom stereocenters. The summed E-state index contributed by atoms with van der Waals surface area (Å²) < 4.78 is 0. The van der Waals surface area contributed by atoms with E-state index in [1.807, 2.05) is 5.37 Å². The number of hydrogen-bond acceptors (Lipinski definition) is 2. The number of Topliss-reactive ketones (excluding diaryl/α,β-unsaturated/α-hetero) is 1. The van der Waals surface area contributed by atoms with Gasteiger partial charge in [-0.3, -0.25) is 0 Å². The topological polar surface area (TPSA) is 17.1 Å². The van der Waals surface area contributed by atoms with E-state index >= 15 is 0 Å². The van der Waals surface area contributed by atoms with Crippen molar-refractivity contribution in [3.8, 4) is 0 Å². The van der Waals surface area contributed by atoms with Crippen LogP contribution in [0.15, 0.2) is 0 Å². The Morgan fingerprint density at radius 2 is 1.05 bits per heavy atom. The Morgan fingerprint density at radius 3 is 1.40 bits per heavy atom. The van der Waals surface area contributed by atoms with Gasteiger partial charge in [-0.1, -0.05) is 82.8 Å². The van der Waals surface area contributed by atoms with E-state index in [1.54, 1.807) is 6.92 Å². The molecule has 0 amide bonds. The molecule has 20 heavy (non-hydrogen) atoms. The van der Waals surface area contributed by atoms with Gasteiger partial charge in [0.05, 0.1) is 0 Å². The van der Waals surface area contributed by atoms with Gasteiger partial charge >= 0.3 is 0 Å². The van der Waals surface area contributed by atoms with E-state index < -0.39 is 0 Å².